The Morgan fingerprint density at radius 2 is 1.88 bits per heavy atom. The molecule has 1 aromatic carbocycles. The van der Waals surface area contributed by atoms with Gasteiger partial charge in [-0.2, -0.15) is 4.98 Å². The second-order valence-electron chi connectivity index (χ2n) is 12.0. The van der Waals surface area contributed by atoms with Crippen molar-refractivity contribution in [2.45, 2.75) is 91.2 Å². The van der Waals surface area contributed by atoms with Crippen LogP contribution in [0.4, 0.5) is 15.2 Å². The number of carbonyl (C=O) groups is 2. The first-order valence-electron chi connectivity index (χ1n) is 14.0. The molecule has 0 spiro atoms. The van der Waals surface area contributed by atoms with Crippen LogP contribution in [0, 0.1) is 17.7 Å². The fourth-order valence-electron chi connectivity index (χ4n) is 4.83. The first-order chi connectivity index (χ1) is 18.7. The van der Waals surface area contributed by atoms with E-state index in [1.807, 2.05) is 13.8 Å². The largest absolute Gasteiger partial charge is 0.493 e. The number of hydrogen-bond donors (Lipinski definition) is 2. The SMILES string of the molecule is CC(C)c1noc(N2CCC([C@H](C)CCOc3ccc([C@H](C)[C@H](NC(=O)OC(C)(C)C)C(=O)O)c(F)c3)CC2)n1. The summed E-state index contributed by atoms with van der Waals surface area (Å²) >= 11 is 0. The fraction of sp³-hybridized carbons (Fsp3) is 0.655. The maximum atomic E-state index is 15.0. The van der Waals surface area contributed by atoms with Gasteiger partial charge in [-0.25, -0.2) is 14.0 Å². The maximum absolute atomic E-state index is 15.0. The normalized spacial score (nSPS) is 16.9. The van der Waals surface area contributed by atoms with E-state index in [1.165, 1.54) is 12.1 Å². The van der Waals surface area contributed by atoms with Gasteiger partial charge < -0.3 is 29.3 Å². The Morgan fingerprint density at radius 1 is 1.20 bits per heavy atom. The van der Waals surface area contributed by atoms with E-state index in [0.717, 1.165) is 38.2 Å². The van der Waals surface area contributed by atoms with Crippen molar-refractivity contribution in [3.63, 3.8) is 0 Å². The summed E-state index contributed by atoms with van der Waals surface area (Å²) in [5.41, 5.74) is -0.625. The van der Waals surface area contributed by atoms with Crippen molar-refractivity contribution in [1.82, 2.24) is 15.5 Å². The molecule has 1 fully saturated rings. The second kappa shape index (κ2) is 13.3. The van der Waals surface area contributed by atoms with E-state index < -0.39 is 35.4 Å². The molecular formula is C29H43FN4O6. The summed E-state index contributed by atoms with van der Waals surface area (Å²) in [4.78, 5) is 30.6. The van der Waals surface area contributed by atoms with E-state index in [2.05, 4.69) is 27.3 Å². The van der Waals surface area contributed by atoms with Crippen LogP contribution >= 0.6 is 0 Å². The third-order valence-electron chi connectivity index (χ3n) is 7.30. The zero-order valence-electron chi connectivity index (χ0n) is 24.6. The van der Waals surface area contributed by atoms with Gasteiger partial charge in [-0.05, 0) is 63.5 Å². The van der Waals surface area contributed by atoms with Crippen molar-refractivity contribution in [3.05, 3.63) is 35.4 Å². The number of ether oxygens (including phenoxy) is 2. The standard InChI is InChI=1S/C29H43FN4O6/c1-17(2)25-32-27(40-33-25)34-13-10-20(11-14-34)18(3)12-15-38-21-8-9-22(23(30)16-21)19(4)24(26(35)36)31-28(37)39-29(5,6)7/h8-9,16-20,24H,10-15H2,1-7H3,(H,31,37)(H,35,36)/t18-,19+,24+/m1/s1. The van der Waals surface area contributed by atoms with Crippen LogP contribution in [0.2, 0.25) is 0 Å². The topological polar surface area (TPSA) is 127 Å². The van der Waals surface area contributed by atoms with Gasteiger partial charge in [0.2, 0.25) is 0 Å². The number of hydrogen-bond acceptors (Lipinski definition) is 8. The van der Waals surface area contributed by atoms with Gasteiger partial charge in [0.25, 0.3) is 0 Å². The molecular weight excluding hydrogens is 519 g/mol. The van der Waals surface area contributed by atoms with Gasteiger partial charge in [0.05, 0.1) is 6.61 Å². The molecule has 0 unspecified atom stereocenters. The minimum atomic E-state index is -1.36. The molecule has 1 amide bonds. The number of amides is 1. The van der Waals surface area contributed by atoms with E-state index in [9.17, 15) is 19.1 Å². The highest BCUT2D eigenvalue weighted by atomic mass is 19.1. The molecule has 0 radical (unpaired) electrons. The van der Waals surface area contributed by atoms with Gasteiger partial charge in [0.15, 0.2) is 5.82 Å². The number of carboxylic acids is 1. The summed E-state index contributed by atoms with van der Waals surface area (Å²) in [6.07, 6.45) is 1.98. The van der Waals surface area contributed by atoms with E-state index in [4.69, 9.17) is 14.0 Å². The minimum absolute atomic E-state index is 0.165. The first-order valence-corrected chi connectivity index (χ1v) is 14.0. The molecule has 0 aliphatic carbocycles. The number of nitrogens with zero attached hydrogens (tertiary/aromatic N) is 3. The Morgan fingerprint density at radius 3 is 2.42 bits per heavy atom. The molecule has 3 rings (SSSR count). The van der Waals surface area contributed by atoms with E-state index in [0.29, 0.717) is 30.2 Å². The zero-order valence-corrected chi connectivity index (χ0v) is 24.6. The number of carbonyl (C=O) groups excluding carboxylic acids is 1. The van der Waals surface area contributed by atoms with Crippen LogP contribution in [-0.2, 0) is 9.53 Å². The highest BCUT2D eigenvalue weighted by Gasteiger charge is 2.31. The molecule has 11 heteroatoms. The van der Waals surface area contributed by atoms with Gasteiger partial charge >= 0.3 is 18.1 Å². The maximum Gasteiger partial charge on any atom is 0.408 e. The number of halogens is 1. The summed E-state index contributed by atoms with van der Waals surface area (Å²) in [5.74, 6) is -0.423. The molecule has 10 nitrogen and oxygen atoms in total. The second-order valence-corrected chi connectivity index (χ2v) is 12.0. The van der Waals surface area contributed by atoms with Crippen molar-refractivity contribution in [2.75, 3.05) is 24.6 Å². The van der Waals surface area contributed by atoms with Gasteiger partial charge in [-0.3, -0.25) is 0 Å². The number of carboxylic acid groups (broad SMARTS) is 1. The van der Waals surface area contributed by atoms with Crippen molar-refractivity contribution >= 4 is 18.1 Å². The monoisotopic (exact) mass is 562 g/mol. The molecule has 2 N–H and O–H groups in total. The minimum Gasteiger partial charge on any atom is -0.493 e. The fourth-order valence-corrected chi connectivity index (χ4v) is 4.83. The third-order valence-corrected chi connectivity index (χ3v) is 7.30. The van der Waals surface area contributed by atoms with Crippen LogP contribution in [0.15, 0.2) is 22.7 Å². The lowest BCUT2D eigenvalue weighted by atomic mass is 9.84. The number of benzene rings is 1. The number of aromatic nitrogens is 2. The highest BCUT2D eigenvalue weighted by Crippen LogP contribution is 2.30. The van der Waals surface area contributed by atoms with Gasteiger partial charge in [-0.1, -0.05) is 38.9 Å². The van der Waals surface area contributed by atoms with Crippen LogP contribution in [0.25, 0.3) is 0 Å². The van der Waals surface area contributed by atoms with E-state index in [1.54, 1.807) is 33.8 Å². The molecule has 2 heterocycles. The highest BCUT2D eigenvalue weighted by molar-refractivity contribution is 5.81. The smallest absolute Gasteiger partial charge is 0.408 e. The number of piperidine rings is 1. The average Bonchev–Trinajstić information content (AvgIpc) is 3.37. The summed E-state index contributed by atoms with van der Waals surface area (Å²) in [7, 11) is 0. The Balaban J connectivity index is 1.48. The van der Waals surface area contributed by atoms with Crippen LogP contribution in [0.5, 0.6) is 5.75 Å². The quantitative estimate of drug-likeness (QED) is 0.353. The molecule has 1 aromatic heterocycles. The Labute approximate surface area is 235 Å². The molecule has 222 valence electrons. The summed E-state index contributed by atoms with van der Waals surface area (Å²) in [6.45, 7) is 15.0. The van der Waals surface area contributed by atoms with Crippen LogP contribution < -0.4 is 15.0 Å². The summed E-state index contributed by atoms with van der Waals surface area (Å²) in [5, 5.41) is 16.0. The Bertz CT molecular complexity index is 1140. The van der Waals surface area contributed by atoms with Crippen molar-refractivity contribution in [3.8, 4) is 5.75 Å². The number of alkyl carbamates (subject to hydrolysis) is 1. The molecule has 1 aliphatic rings. The molecule has 2 aromatic rings. The predicted molar refractivity (Wildman–Crippen MR) is 148 cm³/mol. The van der Waals surface area contributed by atoms with E-state index >= 15 is 0 Å². The molecule has 0 bridgehead atoms. The van der Waals surface area contributed by atoms with Gasteiger partial charge in [-0.15, -0.1) is 0 Å². The molecule has 1 aliphatic heterocycles. The number of rotatable bonds is 11. The van der Waals surface area contributed by atoms with Gasteiger partial charge in [0, 0.05) is 31.0 Å². The average molecular weight is 563 g/mol. The lowest BCUT2D eigenvalue weighted by Crippen LogP contribution is -2.46. The Kier molecular flexibility index (Phi) is 10.4. The molecule has 1 saturated heterocycles. The van der Waals surface area contributed by atoms with Crippen molar-refractivity contribution < 1.29 is 33.1 Å². The predicted octanol–water partition coefficient (Wildman–Crippen LogP) is 5.74. The summed E-state index contributed by atoms with van der Waals surface area (Å²) in [6, 6.07) is 3.62. The van der Waals surface area contributed by atoms with E-state index in [-0.39, 0.29) is 11.5 Å². The summed E-state index contributed by atoms with van der Waals surface area (Å²) < 4.78 is 31.4. The van der Waals surface area contributed by atoms with Crippen LogP contribution in [0.1, 0.15) is 91.0 Å². The molecule has 0 saturated carbocycles. The van der Waals surface area contributed by atoms with Crippen molar-refractivity contribution in [2.24, 2.45) is 11.8 Å². The lowest BCUT2D eigenvalue weighted by molar-refractivity contribution is -0.140. The molecule has 3 atom stereocenters. The van der Waals surface area contributed by atoms with Gasteiger partial charge in [0.1, 0.15) is 23.2 Å². The van der Waals surface area contributed by atoms with Crippen molar-refractivity contribution in [1.29, 1.82) is 0 Å². The zero-order chi connectivity index (χ0) is 29.6. The number of aliphatic carboxylic acids is 1. The number of nitrogens with one attached hydrogen (secondary N) is 1. The first kappa shape index (κ1) is 31.2. The van der Waals surface area contributed by atoms with Crippen LogP contribution in [-0.4, -0.2) is 58.6 Å². The molecule has 40 heavy (non-hydrogen) atoms. The third kappa shape index (κ3) is 8.56. The Hall–Kier alpha value is -3.37. The lowest BCUT2D eigenvalue weighted by Gasteiger charge is -2.33. The van der Waals surface area contributed by atoms with Crippen LogP contribution in [0.3, 0.4) is 0 Å². The number of anilines is 1.